The quantitative estimate of drug-likeness (QED) is 0.580. The van der Waals surface area contributed by atoms with Gasteiger partial charge in [0.15, 0.2) is 0 Å². The number of rotatable bonds is 4. The number of hydrogen-bond acceptors (Lipinski definition) is 3. The molecule has 0 aliphatic rings. The summed E-state index contributed by atoms with van der Waals surface area (Å²) in [6.45, 7) is 0. The van der Waals surface area contributed by atoms with Crippen molar-refractivity contribution in [3.63, 3.8) is 0 Å². The molecule has 1 N–H and O–H groups in total. The molecule has 1 amide bonds. The molecule has 0 unspecified atom stereocenters. The second kappa shape index (κ2) is 6.72. The van der Waals surface area contributed by atoms with Gasteiger partial charge in [0.05, 0.1) is 23.7 Å². The van der Waals surface area contributed by atoms with E-state index in [0.29, 0.717) is 5.56 Å². The summed E-state index contributed by atoms with van der Waals surface area (Å²) in [6.07, 6.45) is 1.63. The zero-order valence-electron chi connectivity index (χ0n) is 13.9. The van der Waals surface area contributed by atoms with Gasteiger partial charge >= 0.3 is 5.69 Å². The smallest absolute Gasteiger partial charge is 0.295 e. The zero-order chi connectivity index (χ0) is 18.0. The molecule has 3 aromatic rings. The van der Waals surface area contributed by atoms with E-state index in [0.717, 1.165) is 16.6 Å². The van der Waals surface area contributed by atoms with Crippen LogP contribution in [0.2, 0.25) is 0 Å². The molecular formula is C18H17FN4O2. The van der Waals surface area contributed by atoms with Crippen LogP contribution < -0.4 is 11.1 Å². The van der Waals surface area contributed by atoms with E-state index >= 15 is 0 Å². The van der Waals surface area contributed by atoms with Gasteiger partial charge in [-0.1, -0.05) is 18.2 Å². The molecule has 0 spiro atoms. The van der Waals surface area contributed by atoms with Crippen molar-refractivity contribution in [1.82, 2.24) is 14.6 Å². The number of aryl methyl sites for hydroxylation is 2. The minimum atomic E-state index is -0.340. The van der Waals surface area contributed by atoms with Crippen molar-refractivity contribution in [1.29, 1.82) is 0 Å². The maximum atomic E-state index is 12.8. The van der Waals surface area contributed by atoms with Crippen LogP contribution in [-0.2, 0) is 25.3 Å². The molecule has 128 valence electrons. The van der Waals surface area contributed by atoms with Crippen LogP contribution in [0, 0.1) is 5.82 Å². The molecule has 7 heteroatoms. The third kappa shape index (κ3) is 3.50. The van der Waals surface area contributed by atoms with E-state index in [1.54, 1.807) is 35.4 Å². The lowest BCUT2D eigenvalue weighted by Crippen LogP contribution is -2.19. The molecule has 0 saturated heterocycles. The van der Waals surface area contributed by atoms with Gasteiger partial charge < -0.3 is 0 Å². The van der Waals surface area contributed by atoms with Crippen molar-refractivity contribution in [3.05, 3.63) is 69.9 Å². The summed E-state index contributed by atoms with van der Waals surface area (Å²) in [7, 11) is 3.42. The lowest BCUT2D eigenvalue weighted by molar-refractivity contribution is -0.120. The minimum absolute atomic E-state index is 0.100. The van der Waals surface area contributed by atoms with Crippen LogP contribution >= 0.6 is 0 Å². The van der Waals surface area contributed by atoms with Crippen LogP contribution in [0.3, 0.4) is 0 Å². The molecule has 3 rings (SSSR count). The topological polar surface area (TPSA) is 68.4 Å². The Hall–Kier alpha value is -3.22. The van der Waals surface area contributed by atoms with Gasteiger partial charge in [-0.05, 0) is 35.4 Å². The number of fused-ring (bicyclic) bond motifs is 1. The van der Waals surface area contributed by atoms with Crippen LogP contribution in [-0.4, -0.2) is 21.3 Å². The highest BCUT2D eigenvalue weighted by Gasteiger charge is 2.07. The first-order chi connectivity index (χ1) is 12.0. The van der Waals surface area contributed by atoms with Gasteiger partial charge in [0.2, 0.25) is 5.91 Å². The van der Waals surface area contributed by atoms with E-state index in [1.807, 2.05) is 18.2 Å². The summed E-state index contributed by atoms with van der Waals surface area (Å²) in [5.41, 5.74) is 5.41. The standard InChI is InChI=1S/C18H17FN4O2/c1-22-15-8-5-13(9-16(15)23(2)18(22)25)11-20-21-17(24)10-12-3-6-14(19)7-4-12/h3-9,11H,10H2,1-2H3,(H,21,24)/b20-11+. The molecule has 0 bridgehead atoms. The van der Waals surface area contributed by atoms with Gasteiger partial charge in [0, 0.05) is 14.1 Å². The Morgan fingerprint density at radius 1 is 1.12 bits per heavy atom. The van der Waals surface area contributed by atoms with E-state index in [2.05, 4.69) is 10.5 Å². The average Bonchev–Trinajstić information content (AvgIpc) is 2.81. The van der Waals surface area contributed by atoms with E-state index in [1.165, 1.54) is 18.3 Å². The normalized spacial score (nSPS) is 11.3. The van der Waals surface area contributed by atoms with Gasteiger partial charge in [0.25, 0.3) is 0 Å². The fourth-order valence-electron chi connectivity index (χ4n) is 2.61. The first kappa shape index (κ1) is 16.6. The van der Waals surface area contributed by atoms with Crippen molar-refractivity contribution >= 4 is 23.2 Å². The number of halogens is 1. The first-order valence-electron chi connectivity index (χ1n) is 7.67. The van der Waals surface area contributed by atoms with Crippen LogP contribution in [0.15, 0.2) is 52.4 Å². The molecule has 0 aliphatic carbocycles. The van der Waals surface area contributed by atoms with E-state index in [9.17, 15) is 14.0 Å². The SMILES string of the molecule is Cn1c(=O)n(C)c2cc(/C=N/NC(=O)Cc3ccc(F)cc3)ccc21. The largest absolute Gasteiger partial charge is 0.328 e. The molecule has 6 nitrogen and oxygen atoms in total. The summed E-state index contributed by atoms with van der Waals surface area (Å²) in [5.74, 6) is -0.635. The zero-order valence-corrected chi connectivity index (χ0v) is 13.9. The van der Waals surface area contributed by atoms with Gasteiger partial charge in [0.1, 0.15) is 5.82 Å². The van der Waals surface area contributed by atoms with Crippen molar-refractivity contribution in [2.45, 2.75) is 6.42 Å². The number of nitrogens with one attached hydrogen (secondary N) is 1. The Bertz CT molecular complexity index is 1020. The molecule has 0 radical (unpaired) electrons. The highest BCUT2D eigenvalue weighted by atomic mass is 19.1. The van der Waals surface area contributed by atoms with Crippen molar-refractivity contribution in [2.24, 2.45) is 19.2 Å². The average molecular weight is 340 g/mol. The number of carbonyl (C=O) groups excluding carboxylic acids is 1. The molecule has 0 aliphatic heterocycles. The number of carbonyl (C=O) groups is 1. The van der Waals surface area contributed by atoms with Gasteiger partial charge in [-0.2, -0.15) is 5.10 Å². The molecule has 1 aromatic heterocycles. The Balaban J connectivity index is 1.68. The van der Waals surface area contributed by atoms with Crippen LogP contribution in [0.5, 0.6) is 0 Å². The minimum Gasteiger partial charge on any atom is -0.295 e. The van der Waals surface area contributed by atoms with Crippen molar-refractivity contribution in [2.75, 3.05) is 0 Å². The third-order valence-corrected chi connectivity index (χ3v) is 3.98. The monoisotopic (exact) mass is 340 g/mol. The predicted octanol–water partition coefficient (Wildman–Crippen LogP) is 1.71. The third-order valence-electron chi connectivity index (χ3n) is 3.98. The Morgan fingerprint density at radius 3 is 2.52 bits per heavy atom. The summed E-state index contributed by atoms with van der Waals surface area (Å²) in [5, 5.41) is 3.93. The van der Waals surface area contributed by atoms with Gasteiger partial charge in [-0.3, -0.25) is 13.9 Å². The number of hydrazone groups is 1. The van der Waals surface area contributed by atoms with Gasteiger partial charge in [-0.25, -0.2) is 14.6 Å². The van der Waals surface area contributed by atoms with Gasteiger partial charge in [-0.15, -0.1) is 0 Å². The maximum Gasteiger partial charge on any atom is 0.328 e. The summed E-state index contributed by atoms with van der Waals surface area (Å²) in [6, 6.07) is 11.2. The summed E-state index contributed by atoms with van der Waals surface area (Å²) in [4.78, 5) is 23.7. The van der Waals surface area contributed by atoms with Crippen LogP contribution in [0.4, 0.5) is 4.39 Å². The van der Waals surface area contributed by atoms with Crippen molar-refractivity contribution < 1.29 is 9.18 Å². The molecular weight excluding hydrogens is 323 g/mol. The van der Waals surface area contributed by atoms with E-state index < -0.39 is 0 Å². The number of aromatic nitrogens is 2. The lowest BCUT2D eigenvalue weighted by atomic mass is 10.1. The summed E-state index contributed by atoms with van der Waals surface area (Å²) >= 11 is 0. The number of amides is 1. The summed E-state index contributed by atoms with van der Waals surface area (Å²) < 4.78 is 16.0. The van der Waals surface area contributed by atoms with Crippen LogP contribution in [0.1, 0.15) is 11.1 Å². The van der Waals surface area contributed by atoms with Crippen molar-refractivity contribution in [3.8, 4) is 0 Å². The van der Waals surface area contributed by atoms with E-state index in [-0.39, 0.29) is 23.8 Å². The maximum absolute atomic E-state index is 12.8. The Kier molecular flexibility index (Phi) is 4.47. The molecule has 0 atom stereocenters. The molecule has 0 saturated carbocycles. The lowest BCUT2D eigenvalue weighted by Gasteiger charge is -2.01. The number of hydrogen-bond donors (Lipinski definition) is 1. The van der Waals surface area contributed by atoms with E-state index in [4.69, 9.17) is 0 Å². The number of benzene rings is 2. The number of nitrogens with zero attached hydrogens (tertiary/aromatic N) is 3. The molecule has 0 fully saturated rings. The fourth-order valence-corrected chi connectivity index (χ4v) is 2.61. The highest BCUT2D eigenvalue weighted by Crippen LogP contribution is 2.12. The fraction of sp³-hybridized carbons (Fsp3) is 0.167. The molecule has 25 heavy (non-hydrogen) atoms. The molecule has 1 heterocycles. The first-order valence-corrected chi connectivity index (χ1v) is 7.67. The number of imidazole rings is 1. The molecule has 2 aromatic carbocycles. The second-order valence-electron chi connectivity index (χ2n) is 5.75. The van der Waals surface area contributed by atoms with Crippen LogP contribution in [0.25, 0.3) is 11.0 Å². The Labute approximate surface area is 143 Å². The second-order valence-corrected chi connectivity index (χ2v) is 5.75. The Morgan fingerprint density at radius 2 is 1.80 bits per heavy atom. The highest BCUT2D eigenvalue weighted by molar-refractivity contribution is 5.88. The predicted molar refractivity (Wildman–Crippen MR) is 94.0 cm³/mol.